The van der Waals surface area contributed by atoms with E-state index in [9.17, 15) is 4.79 Å². The topological polar surface area (TPSA) is 44.1 Å². The third kappa shape index (κ3) is 1.13. The van der Waals surface area contributed by atoms with Crippen molar-refractivity contribution in [2.45, 2.75) is 5.92 Å². The molecule has 4 heteroatoms. The van der Waals surface area contributed by atoms with E-state index in [1.54, 1.807) is 7.05 Å². The molecule has 2 rings (SSSR count). The van der Waals surface area contributed by atoms with Crippen LogP contribution in [0.4, 0.5) is 5.69 Å². The van der Waals surface area contributed by atoms with Gasteiger partial charge in [-0.3, -0.25) is 4.79 Å². The van der Waals surface area contributed by atoms with Gasteiger partial charge in [-0.2, -0.15) is 5.26 Å². The third-order valence-corrected chi connectivity index (χ3v) is 2.86. The van der Waals surface area contributed by atoms with Gasteiger partial charge in [0.1, 0.15) is 0 Å². The summed E-state index contributed by atoms with van der Waals surface area (Å²) in [7, 11) is 1.69. The molecule has 1 unspecified atom stereocenters. The normalized spacial score (nSPS) is 19.4. The Morgan fingerprint density at radius 1 is 1.57 bits per heavy atom. The number of likely N-dealkylation sites (N-methyl/N-ethyl adjacent to an activating group) is 1. The highest BCUT2D eigenvalue weighted by atomic mass is 79.9. The van der Waals surface area contributed by atoms with Crippen molar-refractivity contribution in [2.75, 3.05) is 11.9 Å². The van der Waals surface area contributed by atoms with Gasteiger partial charge in [0.25, 0.3) is 0 Å². The Labute approximate surface area is 90.1 Å². The first-order chi connectivity index (χ1) is 6.65. The van der Waals surface area contributed by atoms with Crippen LogP contribution < -0.4 is 4.90 Å². The van der Waals surface area contributed by atoms with Crippen molar-refractivity contribution in [3.05, 3.63) is 28.2 Å². The van der Waals surface area contributed by atoms with E-state index in [0.29, 0.717) is 0 Å². The van der Waals surface area contributed by atoms with Gasteiger partial charge in [-0.15, -0.1) is 0 Å². The molecule has 0 fully saturated rings. The van der Waals surface area contributed by atoms with Crippen molar-refractivity contribution in [2.24, 2.45) is 0 Å². The molecule has 0 saturated heterocycles. The van der Waals surface area contributed by atoms with Gasteiger partial charge in [-0.25, -0.2) is 0 Å². The van der Waals surface area contributed by atoms with Gasteiger partial charge in [0.05, 0.1) is 6.07 Å². The SMILES string of the molecule is CN1C(=O)C(C#N)c2cc(Br)ccc21. The smallest absolute Gasteiger partial charge is 0.248 e. The van der Waals surface area contributed by atoms with Gasteiger partial charge >= 0.3 is 0 Å². The second-order valence-corrected chi connectivity index (χ2v) is 4.08. The molecule has 1 heterocycles. The summed E-state index contributed by atoms with van der Waals surface area (Å²) < 4.78 is 0.889. The lowest BCUT2D eigenvalue weighted by Gasteiger charge is -2.08. The van der Waals surface area contributed by atoms with Gasteiger partial charge in [0.2, 0.25) is 5.91 Å². The number of anilines is 1. The van der Waals surface area contributed by atoms with Crippen LogP contribution in [0.15, 0.2) is 22.7 Å². The van der Waals surface area contributed by atoms with Crippen LogP contribution in [-0.4, -0.2) is 13.0 Å². The number of hydrogen-bond donors (Lipinski definition) is 0. The summed E-state index contributed by atoms with van der Waals surface area (Å²) in [6.45, 7) is 0. The van der Waals surface area contributed by atoms with Gasteiger partial charge in [-0.05, 0) is 18.2 Å². The number of carbonyl (C=O) groups excluding carboxylic acids is 1. The molecule has 1 aromatic carbocycles. The zero-order chi connectivity index (χ0) is 10.3. The number of nitriles is 1. The van der Waals surface area contributed by atoms with Crippen molar-refractivity contribution >= 4 is 27.5 Å². The Balaban J connectivity index is 2.63. The maximum atomic E-state index is 11.6. The first-order valence-corrected chi connectivity index (χ1v) is 4.91. The van der Waals surface area contributed by atoms with E-state index < -0.39 is 5.92 Å². The minimum atomic E-state index is -0.646. The number of amides is 1. The van der Waals surface area contributed by atoms with Crippen molar-refractivity contribution in [3.8, 4) is 6.07 Å². The number of carbonyl (C=O) groups is 1. The van der Waals surface area contributed by atoms with Crippen molar-refractivity contribution in [1.29, 1.82) is 5.26 Å². The van der Waals surface area contributed by atoms with Gasteiger partial charge in [0, 0.05) is 22.8 Å². The van der Waals surface area contributed by atoms with Crippen molar-refractivity contribution in [3.63, 3.8) is 0 Å². The van der Waals surface area contributed by atoms with Crippen LogP contribution in [0.3, 0.4) is 0 Å². The number of halogens is 1. The van der Waals surface area contributed by atoms with E-state index >= 15 is 0 Å². The summed E-state index contributed by atoms with van der Waals surface area (Å²) in [6, 6.07) is 7.54. The molecule has 0 spiro atoms. The minimum Gasteiger partial charge on any atom is -0.314 e. The summed E-state index contributed by atoms with van der Waals surface area (Å²) in [5.74, 6) is -0.798. The number of fused-ring (bicyclic) bond motifs is 1. The second kappa shape index (κ2) is 3.10. The molecule has 3 nitrogen and oxygen atoms in total. The zero-order valence-electron chi connectivity index (χ0n) is 7.49. The van der Waals surface area contributed by atoms with E-state index in [1.165, 1.54) is 4.90 Å². The molecule has 1 atom stereocenters. The molecular formula is C10H7BrN2O. The molecule has 0 N–H and O–H groups in total. The number of benzene rings is 1. The number of rotatable bonds is 0. The van der Waals surface area contributed by atoms with Crippen molar-refractivity contribution in [1.82, 2.24) is 0 Å². The Kier molecular flexibility index (Phi) is 2.05. The summed E-state index contributed by atoms with van der Waals surface area (Å²) >= 11 is 3.32. The molecule has 14 heavy (non-hydrogen) atoms. The highest BCUT2D eigenvalue weighted by molar-refractivity contribution is 9.10. The predicted octanol–water partition coefficient (Wildman–Crippen LogP) is 2.03. The van der Waals surface area contributed by atoms with Crippen LogP contribution in [0, 0.1) is 11.3 Å². The quantitative estimate of drug-likeness (QED) is 0.708. The second-order valence-electron chi connectivity index (χ2n) is 3.16. The standard InChI is InChI=1S/C10H7BrN2O/c1-13-9-3-2-6(11)4-7(9)8(5-12)10(13)14/h2-4,8H,1H3. The minimum absolute atomic E-state index is 0.152. The van der Waals surface area contributed by atoms with E-state index in [0.717, 1.165) is 15.7 Å². The molecule has 1 amide bonds. The van der Waals surface area contributed by atoms with Crippen LogP contribution >= 0.6 is 15.9 Å². The van der Waals surface area contributed by atoms with Crippen LogP contribution in [0.25, 0.3) is 0 Å². The molecule has 0 aliphatic carbocycles. The Bertz CT molecular complexity index is 450. The van der Waals surface area contributed by atoms with E-state index in [1.807, 2.05) is 24.3 Å². The summed E-state index contributed by atoms with van der Waals surface area (Å²) in [4.78, 5) is 13.1. The van der Waals surface area contributed by atoms with E-state index in [2.05, 4.69) is 15.9 Å². The number of nitrogens with zero attached hydrogens (tertiary/aromatic N) is 2. The zero-order valence-corrected chi connectivity index (χ0v) is 9.08. The molecular weight excluding hydrogens is 244 g/mol. The fourth-order valence-electron chi connectivity index (χ4n) is 1.63. The van der Waals surface area contributed by atoms with Crippen LogP contribution in [0.5, 0.6) is 0 Å². The monoisotopic (exact) mass is 250 g/mol. The maximum absolute atomic E-state index is 11.6. The summed E-state index contributed by atoms with van der Waals surface area (Å²) in [5, 5.41) is 8.88. The highest BCUT2D eigenvalue weighted by Crippen LogP contribution is 2.37. The Morgan fingerprint density at radius 2 is 2.29 bits per heavy atom. The molecule has 0 bridgehead atoms. The average molecular weight is 251 g/mol. The van der Waals surface area contributed by atoms with E-state index in [-0.39, 0.29) is 5.91 Å². The Hall–Kier alpha value is -1.34. The van der Waals surface area contributed by atoms with E-state index in [4.69, 9.17) is 5.26 Å². The first-order valence-electron chi connectivity index (χ1n) is 4.12. The molecule has 0 aromatic heterocycles. The molecule has 1 aliphatic rings. The van der Waals surface area contributed by atoms with Crippen LogP contribution in [0.1, 0.15) is 11.5 Å². The lowest BCUT2D eigenvalue weighted by atomic mass is 10.0. The Morgan fingerprint density at radius 3 is 2.93 bits per heavy atom. The molecule has 1 aliphatic heterocycles. The summed E-state index contributed by atoms with van der Waals surface area (Å²) in [6.07, 6.45) is 0. The molecule has 0 radical (unpaired) electrons. The molecule has 70 valence electrons. The fourth-order valence-corrected chi connectivity index (χ4v) is 2.01. The maximum Gasteiger partial charge on any atom is 0.248 e. The van der Waals surface area contributed by atoms with Gasteiger partial charge < -0.3 is 4.90 Å². The highest BCUT2D eigenvalue weighted by Gasteiger charge is 2.35. The third-order valence-electron chi connectivity index (χ3n) is 2.37. The van der Waals surface area contributed by atoms with Crippen molar-refractivity contribution < 1.29 is 4.79 Å². The molecule has 0 saturated carbocycles. The van der Waals surface area contributed by atoms with Crippen LogP contribution in [-0.2, 0) is 4.79 Å². The first kappa shape index (κ1) is 9.22. The average Bonchev–Trinajstić information content (AvgIpc) is 2.39. The molecule has 1 aromatic rings. The lowest BCUT2D eigenvalue weighted by Crippen LogP contribution is -2.23. The predicted molar refractivity (Wildman–Crippen MR) is 55.9 cm³/mol. The van der Waals surface area contributed by atoms with Crippen LogP contribution in [0.2, 0.25) is 0 Å². The number of hydrogen-bond acceptors (Lipinski definition) is 2. The summed E-state index contributed by atoms with van der Waals surface area (Å²) in [5.41, 5.74) is 1.61. The van der Waals surface area contributed by atoms with Gasteiger partial charge in [0.15, 0.2) is 5.92 Å². The fraction of sp³-hybridized carbons (Fsp3) is 0.200. The lowest BCUT2D eigenvalue weighted by molar-refractivity contribution is -0.117. The van der Waals surface area contributed by atoms with Gasteiger partial charge in [-0.1, -0.05) is 15.9 Å². The largest absolute Gasteiger partial charge is 0.314 e.